The van der Waals surface area contributed by atoms with Gasteiger partial charge in [0.25, 0.3) is 0 Å². The zero-order valence-electron chi connectivity index (χ0n) is 16.4. The van der Waals surface area contributed by atoms with Crippen LogP contribution in [0.15, 0.2) is 24.3 Å². The summed E-state index contributed by atoms with van der Waals surface area (Å²) in [7, 11) is -1.48. The predicted molar refractivity (Wildman–Crippen MR) is 118 cm³/mol. The van der Waals surface area contributed by atoms with Crippen LogP contribution >= 0.6 is 22.2 Å². The lowest BCUT2D eigenvalue weighted by atomic mass is 9.77. The zero-order valence-corrected chi connectivity index (χ0v) is 19.1. The van der Waals surface area contributed by atoms with Crippen LogP contribution in [0.4, 0.5) is 0 Å². The number of benzene rings is 1. The fraction of sp³-hybridized carbons (Fsp3) is 0.727. The molecule has 0 spiro atoms. The second-order valence-corrected chi connectivity index (χ2v) is 13.1. The maximum Gasteiger partial charge on any atom is 0.237 e. The first-order chi connectivity index (χ1) is 12.7. The van der Waals surface area contributed by atoms with Gasteiger partial charge in [-0.3, -0.25) is 0 Å². The summed E-state index contributed by atoms with van der Waals surface area (Å²) in [5, 5.41) is 0. The molecule has 0 atom stereocenters. The van der Waals surface area contributed by atoms with Gasteiger partial charge in [-0.15, -0.1) is 0 Å². The molecule has 1 aromatic carbocycles. The van der Waals surface area contributed by atoms with E-state index in [4.69, 9.17) is 26.9 Å². The summed E-state index contributed by atoms with van der Waals surface area (Å²) in [6, 6.07) is 9.72. The number of unbranched alkanes of at least 4 members (excludes halogenated alkanes) is 4. The summed E-state index contributed by atoms with van der Waals surface area (Å²) in [6.45, 7) is 3.00. The topological polar surface area (TPSA) is 9.23 Å². The van der Waals surface area contributed by atoms with Crippen LogP contribution in [0.3, 0.4) is 0 Å². The Hall–Kier alpha value is -0.183. The van der Waals surface area contributed by atoms with Crippen LogP contribution < -0.4 is 4.74 Å². The van der Waals surface area contributed by atoms with E-state index < -0.39 is 7.42 Å². The van der Waals surface area contributed by atoms with Crippen molar-refractivity contribution in [2.24, 2.45) is 5.92 Å². The van der Waals surface area contributed by atoms with E-state index in [0.29, 0.717) is 6.61 Å². The van der Waals surface area contributed by atoms with Crippen LogP contribution in [0.25, 0.3) is 0 Å². The van der Waals surface area contributed by atoms with Gasteiger partial charge in [0.2, 0.25) is 7.42 Å². The lowest BCUT2D eigenvalue weighted by Gasteiger charge is -2.29. The molecular formula is C22H36Cl2OSi. The van der Waals surface area contributed by atoms with Gasteiger partial charge < -0.3 is 4.74 Å². The van der Waals surface area contributed by atoms with Gasteiger partial charge in [0, 0.05) is 0 Å². The summed E-state index contributed by atoms with van der Waals surface area (Å²) in [4.78, 5) is 0. The van der Waals surface area contributed by atoms with Crippen molar-refractivity contribution in [2.75, 3.05) is 6.61 Å². The molecule has 0 saturated heterocycles. The largest absolute Gasteiger partial charge is 0.494 e. The number of halogens is 2. The molecule has 1 saturated carbocycles. The molecule has 1 aliphatic rings. The molecule has 148 valence electrons. The van der Waals surface area contributed by atoms with Crippen molar-refractivity contribution in [3.05, 3.63) is 29.8 Å². The Bertz CT molecular complexity index is 470. The smallest absolute Gasteiger partial charge is 0.237 e. The van der Waals surface area contributed by atoms with Crippen molar-refractivity contribution in [3.8, 4) is 5.75 Å². The van der Waals surface area contributed by atoms with Crippen LogP contribution in [0.2, 0.25) is 6.04 Å². The summed E-state index contributed by atoms with van der Waals surface area (Å²) in [6.07, 6.45) is 15.0. The molecule has 0 N–H and O–H groups in total. The second-order valence-electron chi connectivity index (χ2n) is 7.87. The molecular weight excluding hydrogens is 379 g/mol. The first-order valence-electron chi connectivity index (χ1n) is 10.7. The van der Waals surface area contributed by atoms with Gasteiger partial charge in [-0.05, 0) is 67.7 Å². The van der Waals surface area contributed by atoms with Gasteiger partial charge in [0.05, 0.1) is 6.61 Å². The Morgan fingerprint density at radius 3 is 2.27 bits per heavy atom. The Morgan fingerprint density at radius 2 is 1.62 bits per heavy atom. The van der Waals surface area contributed by atoms with Gasteiger partial charge in [0.15, 0.2) is 0 Å². The molecule has 0 unspecified atom stereocenters. The Labute approximate surface area is 171 Å². The maximum absolute atomic E-state index is 5.87. The lowest BCUT2D eigenvalue weighted by Crippen LogP contribution is -2.13. The molecule has 1 fully saturated rings. The summed E-state index contributed by atoms with van der Waals surface area (Å²) in [5.74, 6) is 2.70. The van der Waals surface area contributed by atoms with E-state index in [2.05, 4.69) is 31.2 Å². The number of hydrogen-bond acceptors (Lipinski definition) is 1. The minimum absolute atomic E-state index is 0.714. The molecule has 1 nitrogen and oxygen atoms in total. The highest BCUT2D eigenvalue weighted by atomic mass is 35.7. The van der Waals surface area contributed by atoms with E-state index in [-0.39, 0.29) is 0 Å². The molecule has 0 bridgehead atoms. The SMILES string of the molecule is CCCCCCCC1CCC(c2ccc(OCCC[SiH](Cl)Cl)cc2)CC1. The highest BCUT2D eigenvalue weighted by molar-refractivity contribution is 7.33. The van der Waals surface area contributed by atoms with Crippen molar-refractivity contribution in [1.29, 1.82) is 0 Å². The highest BCUT2D eigenvalue weighted by Gasteiger charge is 2.22. The molecule has 1 aromatic rings. The van der Waals surface area contributed by atoms with E-state index in [1.165, 1.54) is 69.8 Å². The van der Waals surface area contributed by atoms with Crippen molar-refractivity contribution in [2.45, 2.75) is 89.5 Å². The zero-order chi connectivity index (χ0) is 18.6. The maximum atomic E-state index is 5.87. The molecule has 1 aliphatic carbocycles. The van der Waals surface area contributed by atoms with Crippen LogP contribution in [0, 0.1) is 5.92 Å². The average molecular weight is 416 g/mol. The molecule has 0 heterocycles. The van der Waals surface area contributed by atoms with Gasteiger partial charge in [-0.25, -0.2) is 0 Å². The minimum Gasteiger partial charge on any atom is -0.494 e. The third kappa shape index (κ3) is 8.67. The Morgan fingerprint density at radius 1 is 0.923 bits per heavy atom. The van der Waals surface area contributed by atoms with Gasteiger partial charge >= 0.3 is 0 Å². The van der Waals surface area contributed by atoms with Crippen molar-refractivity contribution < 1.29 is 4.74 Å². The summed E-state index contributed by atoms with van der Waals surface area (Å²) >= 11 is 11.7. The Balaban J connectivity index is 1.64. The monoisotopic (exact) mass is 414 g/mol. The van der Waals surface area contributed by atoms with Gasteiger partial charge in [0.1, 0.15) is 5.75 Å². The number of rotatable bonds is 12. The van der Waals surface area contributed by atoms with Crippen molar-refractivity contribution in [1.82, 2.24) is 0 Å². The van der Waals surface area contributed by atoms with E-state index in [0.717, 1.165) is 30.1 Å². The third-order valence-electron chi connectivity index (χ3n) is 5.75. The van der Waals surface area contributed by atoms with Gasteiger partial charge in [-0.1, -0.05) is 57.6 Å². The lowest BCUT2D eigenvalue weighted by molar-refractivity contribution is 0.301. The first-order valence-corrected chi connectivity index (χ1v) is 15.0. The highest BCUT2D eigenvalue weighted by Crippen LogP contribution is 2.38. The summed E-state index contributed by atoms with van der Waals surface area (Å²) in [5.41, 5.74) is 1.49. The predicted octanol–water partition coefficient (Wildman–Crippen LogP) is 7.79. The minimum atomic E-state index is -1.48. The third-order valence-corrected chi connectivity index (χ3v) is 7.90. The molecule has 2 rings (SSSR count). The first kappa shape index (κ1) is 22.1. The normalized spacial score (nSPS) is 20.5. The average Bonchev–Trinajstić information content (AvgIpc) is 2.66. The molecule has 4 heteroatoms. The molecule has 0 aliphatic heterocycles. The van der Waals surface area contributed by atoms with E-state index in [9.17, 15) is 0 Å². The quantitative estimate of drug-likeness (QED) is 0.192. The van der Waals surface area contributed by atoms with E-state index in [1.807, 2.05) is 0 Å². The fourth-order valence-electron chi connectivity index (χ4n) is 4.08. The van der Waals surface area contributed by atoms with E-state index in [1.54, 1.807) is 0 Å². The summed E-state index contributed by atoms with van der Waals surface area (Å²) < 4.78 is 5.79. The van der Waals surface area contributed by atoms with Crippen LogP contribution in [-0.2, 0) is 0 Å². The second kappa shape index (κ2) is 13.1. The van der Waals surface area contributed by atoms with E-state index >= 15 is 0 Å². The molecule has 0 radical (unpaired) electrons. The van der Waals surface area contributed by atoms with Crippen LogP contribution in [0.5, 0.6) is 5.75 Å². The fourth-order valence-corrected chi connectivity index (χ4v) is 5.49. The van der Waals surface area contributed by atoms with Gasteiger partial charge in [-0.2, -0.15) is 22.2 Å². The van der Waals surface area contributed by atoms with Crippen molar-refractivity contribution in [3.63, 3.8) is 0 Å². The van der Waals surface area contributed by atoms with Crippen LogP contribution in [-0.4, -0.2) is 14.0 Å². The number of ether oxygens (including phenoxy) is 1. The molecule has 0 amide bonds. The molecule has 0 aromatic heterocycles. The standard InChI is InChI=1S/C22H36Cl2OSi/c1-2-3-4-5-6-8-19-9-11-20(12-10-19)21-13-15-22(16-14-21)25-17-7-18-26(23)24/h13-16,19-20,26H,2-12,17-18H2,1H3. The van der Waals surface area contributed by atoms with Crippen LogP contribution in [0.1, 0.15) is 89.0 Å². The number of hydrogen-bond donors (Lipinski definition) is 0. The van der Waals surface area contributed by atoms with Crippen molar-refractivity contribution >= 4 is 29.6 Å². The Kier molecular flexibility index (Phi) is 11.1. The molecule has 26 heavy (non-hydrogen) atoms.